The van der Waals surface area contributed by atoms with E-state index in [-0.39, 0.29) is 24.9 Å². The van der Waals surface area contributed by atoms with Crippen molar-refractivity contribution in [2.24, 2.45) is 11.7 Å². The molecule has 1 aromatic carbocycles. The summed E-state index contributed by atoms with van der Waals surface area (Å²) >= 11 is 0. The Bertz CT molecular complexity index is 698. The summed E-state index contributed by atoms with van der Waals surface area (Å²) in [6, 6.07) is 7.69. The summed E-state index contributed by atoms with van der Waals surface area (Å²) in [5.74, 6) is 1.91. The number of carbonyl (C=O) groups excluding carboxylic acids is 1. The summed E-state index contributed by atoms with van der Waals surface area (Å²) in [5.41, 5.74) is 8.07. The van der Waals surface area contributed by atoms with Crippen LogP contribution >= 0.6 is 12.4 Å². The average Bonchev–Trinajstić information content (AvgIpc) is 3.06. The van der Waals surface area contributed by atoms with Crippen molar-refractivity contribution < 1.29 is 13.9 Å². The van der Waals surface area contributed by atoms with Crippen molar-refractivity contribution in [3.05, 3.63) is 53.0 Å². The van der Waals surface area contributed by atoms with Crippen molar-refractivity contribution >= 4 is 18.3 Å². The molecule has 0 aliphatic carbocycles. The van der Waals surface area contributed by atoms with Crippen LogP contribution in [-0.4, -0.2) is 12.5 Å². The summed E-state index contributed by atoms with van der Waals surface area (Å²) in [6.07, 6.45) is 3.59. The molecule has 2 rings (SSSR count). The maximum atomic E-state index is 12.2. The standard InChI is InChI=1S/C20H28N2O3.ClH/c1-14(2)5-4-8-24-19-9-15(3)6-7-16(19)12-22-20(23)17-10-18(11-21)25-13-17;/h6-7,9-10,13-14H,4-5,8,11-12,21H2,1-3H3,(H,22,23);1H. The lowest BCUT2D eigenvalue weighted by molar-refractivity contribution is 0.0950. The van der Waals surface area contributed by atoms with E-state index in [0.717, 1.165) is 29.7 Å². The normalized spacial score (nSPS) is 10.5. The van der Waals surface area contributed by atoms with Gasteiger partial charge in [-0.2, -0.15) is 0 Å². The van der Waals surface area contributed by atoms with E-state index >= 15 is 0 Å². The Morgan fingerprint density at radius 3 is 2.73 bits per heavy atom. The van der Waals surface area contributed by atoms with Crippen molar-refractivity contribution in [1.29, 1.82) is 0 Å². The number of aryl methyl sites for hydroxylation is 1. The minimum atomic E-state index is -0.185. The minimum absolute atomic E-state index is 0. The van der Waals surface area contributed by atoms with Gasteiger partial charge in [-0.3, -0.25) is 4.79 Å². The highest BCUT2D eigenvalue weighted by atomic mass is 35.5. The Morgan fingerprint density at radius 1 is 1.31 bits per heavy atom. The Balaban J connectivity index is 0.00000338. The number of carbonyl (C=O) groups is 1. The number of halogens is 1. The van der Waals surface area contributed by atoms with E-state index in [2.05, 4.69) is 19.2 Å². The van der Waals surface area contributed by atoms with Gasteiger partial charge in [-0.1, -0.05) is 26.0 Å². The van der Waals surface area contributed by atoms with Crippen molar-refractivity contribution in [3.8, 4) is 5.75 Å². The maximum absolute atomic E-state index is 12.2. The minimum Gasteiger partial charge on any atom is -0.493 e. The molecule has 0 saturated heterocycles. The van der Waals surface area contributed by atoms with Crippen LogP contribution in [0.5, 0.6) is 5.75 Å². The van der Waals surface area contributed by atoms with Gasteiger partial charge in [0, 0.05) is 12.1 Å². The molecule has 0 saturated carbocycles. The second-order valence-electron chi connectivity index (χ2n) is 6.68. The van der Waals surface area contributed by atoms with Gasteiger partial charge in [0.15, 0.2) is 0 Å². The predicted molar refractivity (Wildman–Crippen MR) is 106 cm³/mol. The van der Waals surface area contributed by atoms with Gasteiger partial charge >= 0.3 is 0 Å². The van der Waals surface area contributed by atoms with Crippen molar-refractivity contribution in [2.75, 3.05) is 6.61 Å². The van der Waals surface area contributed by atoms with E-state index in [1.54, 1.807) is 6.07 Å². The van der Waals surface area contributed by atoms with E-state index in [4.69, 9.17) is 14.9 Å². The highest BCUT2D eigenvalue weighted by molar-refractivity contribution is 5.93. The number of hydrogen-bond donors (Lipinski definition) is 2. The van der Waals surface area contributed by atoms with E-state index in [1.165, 1.54) is 6.26 Å². The first-order valence-corrected chi connectivity index (χ1v) is 8.77. The zero-order chi connectivity index (χ0) is 18.2. The quantitative estimate of drug-likeness (QED) is 0.638. The topological polar surface area (TPSA) is 77.5 Å². The van der Waals surface area contributed by atoms with Gasteiger partial charge in [-0.25, -0.2) is 0 Å². The fraction of sp³-hybridized carbons (Fsp3) is 0.450. The maximum Gasteiger partial charge on any atom is 0.254 e. The van der Waals surface area contributed by atoms with Crippen LogP contribution in [0.15, 0.2) is 34.9 Å². The Morgan fingerprint density at radius 2 is 2.08 bits per heavy atom. The molecule has 0 atom stereocenters. The third-order valence-electron chi connectivity index (χ3n) is 3.96. The third kappa shape index (κ3) is 6.73. The first kappa shape index (κ1) is 22.1. The van der Waals surface area contributed by atoms with Crippen LogP contribution in [0, 0.1) is 12.8 Å². The van der Waals surface area contributed by atoms with Gasteiger partial charge in [0.2, 0.25) is 0 Å². The second kappa shape index (κ2) is 10.9. The molecule has 1 amide bonds. The van der Waals surface area contributed by atoms with Crippen molar-refractivity contribution in [3.63, 3.8) is 0 Å². The summed E-state index contributed by atoms with van der Waals surface area (Å²) < 4.78 is 11.1. The van der Waals surface area contributed by atoms with Crippen LogP contribution in [0.25, 0.3) is 0 Å². The summed E-state index contributed by atoms with van der Waals surface area (Å²) in [7, 11) is 0. The smallest absolute Gasteiger partial charge is 0.254 e. The van der Waals surface area contributed by atoms with E-state index < -0.39 is 0 Å². The lowest BCUT2D eigenvalue weighted by Gasteiger charge is -2.13. The fourth-order valence-corrected chi connectivity index (χ4v) is 2.50. The molecule has 144 valence electrons. The molecule has 5 nitrogen and oxygen atoms in total. The highest BCUT2D eigenvalue weighted by Gasteiger charge is 2.11. The molecule has 1 heterocycles. The van der Waals surface area contributed by atoms with Crippen LogP contribution in [0.3, 0.4) is 0 Å². The monoisotopic (exact) mass is 380 g/mol. The van der Waals surface area contributed by atoms with E-state index in [9.17, 15) is 4.79 Å². The Hall–Kier alpha value is -1.98. The number of nitrogens with one attached hydrogen (secondary N) is 1. The summed E-state index contributed by atoms with van der Waals surface area (Å²) in [5, 5.41) is 2.90. The van der Waals surface area contributed by atoms with Crippen molar-refractivity contribution in [2.45, 2.75) is 46.7 Å². The van der Waals surface area contributed by atoms with Gasteiger partial charge in [0.25, 0.3) is 5.91 Å². The molecule has 0 bridgehead atoms. The largest absolute Gasteiger partial charge is 0.493 e. The second-order valence-corrected chi connectivity index (χ2v) is 6.68. The van der Waals surface area contributed by atoms with Crippen LogP contribution in [0.4, 0.5) is 0 Å². The van der Waals surface area contributed by atoms with Crippen molar-refractivity contribution in [1.82, 2.24) is 5.32 Å². The van der Waals surface area contributed by atoms with Gasteiger partial charge in [-0.05, 0) is 43.4 Å². The predicted octanol–water partition coefficient (Wildman–Crippen LogP) is 4.21. The molecule has 1 aromatic heterocycles. The number of rotatable bonds is 9. The van der Waals surface area contributed by atoms with Crippen LogP contribution in [0.1, 0.15) is 53.9 Å². The number of nitrogens with two attached hydrogens (primary N) is 1. The first-order valence-electron chi connectivity index (χ1n) is 8.77. The molecular formula is C20H29ClN2O3. The molecule has 0 radical (unpaired) electrons. The molecule has 26 heavy (non-hydrogen) atoms. The number of benzene rings is 1. The zero-order valence-electron chi connectivity index (χ0n) is 15.7. The summed E-state index contributed by atoms with van der Waals surface area (Å²) in [4.78, 5) is 12.2. The van der Waals surface area contributed by atoms with Crippen LogP contribution < -0.4 is 15.8 Å². The molecule has 6 heteroatoms. The van der Waals surface area contributed by atoms with E-state index in [0.29, 0.717) is 30.4 Å². The van der Waals surface area contributed by atoms with Gasteiger partial charge in [-0.15, -0.1) is 12.4 Å². The average molecular weight is 381 g/mol. The number of hydrogen-bond acceptors (Lipinski definition) is 4. The van der Waals surface area contributed by atoms with Gasteiger partial charge in [0.1, 0.15) is 17.8 Å². The number of ether oxygens (including phenoxy) is 1. The molecule has 0 aliphatic rings. The summed E-state index contributed by atoms with van der Waals surface area (Å²) in [6.45, 7) is 7.81. The number of amides is 1. The Labute approximate surface area is 161 Å². The molecule has 0 fully saturated rings. The molecule has 2 aromatic rings. The van der Waals surface area contributed by atoms with Crippen LogP contribution in [0.2, 0.25) is 0 Å². The molecule has 0 aliphatic heterocycles. The van der Waals surface area contributed by atoms with Crippen LogP contribution in [-0.2, 0) is 13.1 Å². The van der Waals surface area contributed by atoms with Gasteiger partial charge < -0.3 is 20.2 Å². The lowest BCUT2D eigenvalue weighted by atomic mass is 10.1. The molecular weight excluding hydrogens is 352 g/mol. The Kier molecular flexibility index (Phi) is 9.24. The molecule has 3 N–H and O–H groups in total. The third-order valence-corrected chi connectivity index (χ3v) is 3.96. The molecule has 0 unspecified atom stereocenters. The first-order chi connectivity index (χ1) is 12.0. The SMILES string of the molecule is Cc1ccc(CNC(=O)c2coc(CN)c2)c(OCCCC(C)C)c1.Cl. The van der Waals surface area contributed by atoms with Gasteiger partial charge in [0.05, 0.1) is 18.7 Å². The molecule has 0 spiro atoms. The highest BCUT2D eigenvalue weighted by Crippen LogP contribution is 2.21. The fourth-order valence-electron chi connectivity index (χ4n) is 2.50. The zero-order valence-corrected chi connectivity index (χ0v) is 16.5. The number of furan rings is 1. The lowest BCUT2D eigenvalue weighted by Crippen LogP contribution is -2.22. The van der Waals surface area contributed by atoms with E-state index in [1.807, 2.05) is 25.1 Å².